The van der Waals surface area contributed by atoms with Crippen LogP contribution in [0.3, 0.4) is 0 Å². The Balaban J connectivity index is 1.25. The van der Waals surface area contributed by atoms with Gasteiger partial charge in [0, 0.05) is 23.8 Å². The Morgan fingerprint density at radius 2 is 1.20 bits per heavy atom. The fourth-order valence-corrected chi connectivity index (χ4v) is 7.37. The van der Waals surface area contributed by atoms with E-state index in [1.54, 1.807) is 0 Å². The first-order valence-electron chi connectivity index (χ1n) is 20.0. The predicted molar refractivity (Wildman–Crippen MR) is 215 cm³/mol. The van der Waals surface area contributed by atoms with Crippen molar-refractivity contribution in [2.24, 2.45) is 0 Å². The van der Waals surface area contributed by atoms with Crippen LogP contribution in [0, 0.1) is 0 Å². The molecule has 0 amide bonds. The summed E-state index contributed by atoms with van der Waals surface area (Å²) in [5.41, 5.74) is -1.32. The molecule has 3 aromatic carbocycles. The monoisotopic (exact) mass is 934 g/mol. The molecule has 0 bridgehead atoms. The first-order chi connectivity index (χ1) is 31.4. The normalized spacial score (nSPS) is 32.6. The highest BCUT2D eigenvalue weighted by Gasteiger charge is 2.53. The lowest BCUT2D eigenvalue weighted by atomic mass is 9.97. The first-order valence-corrected chi connectivity index (χ1v) is 20.0. The summed E-state index contributed by atoms with van der Waals surface area (Å²) in [5, 5.41) is 145. The van der Waals surface area contributed by atoms with E-state index >= 15 is 0 Å². The summed E-state index contributed by atoms with van der Waals surface area (Å²) in [6.07, 6.45) is -26.0. The second-order valence-electron chi connectivity index (χ2n) is 15.4. The van der Waals surface area contributed by atoms with E-state index in [0.717, 1.165) is 36.4 Å². The smallest absolute Gasteiger partial charge is 0.331 e. The third kappa shape index (κ3) is 9.73. The highest BCUT2D eigenvalue weighted by atomic mass is 16.8. The van der Waals surface area contributed by atoms with Crippen LogP contribution >= 0.6 is 0 Å². The van der Waals surface area contributed by atoms with Gasteiger partial charge in [-0.3, -0.25) is 4.79 Å². The van der Waals surface area contributed by atoms with Gasteiger partial charge in [0.2, 0.25) is 23.8 Å². The van der Waals surface area contributed by atoms with Crippen LogP contribution in [0.4, 0.5) is 0 Å². The second kappa shape index (κ2) is 20.0. The fraction of sp³-hybridized carbons (Fsp3) is 0.429. The lowest BCUT2D eigenvalue weighted by Gasteiger charge is -2.46. The average molecular weight is 935 g/mol. The van der Waals surface area contributed by atoms with Crippen molar-refractivity contribution in [3.63, 3.8) is 0 Å². The third-order valence-electron chi connectivity index (χ3n) is 11.0. The van der Waals surface area contributed by atoms with E-state index in [4.69, 9.17) is 37.6 Å². The number of hydrogen-bond donors (Lipinski definition) is 14. The zero-order chi connectivity index (χ0) is 47.7. The number of carbonyl (C=O) groups excluding carboxylic acids is 1. The summed E-state index contributed by atoms with van der Waals surface area (Å²) in [6, 6.07) is 10.5. The highest BCUT2D eigenvalue weighted by molar-refractivity contribution is 5.89. The number of phenols is 4. The van der Waals surface area contributed by atoms with Crippen molar-refractivity contribution in [1.82, 2.24) is 0 Å². The summed E-state index contributed by atoms with van der Waals surface area (Å²) in [4.78, 5) is 27.5. The summed E-state index contributed by atoms with van der Waals surface area (Å²) in [6.45, 7) is -2.67. The minimum Gasteiger partial charge on any atom is -0.508 e. The summed E-state index contributed by atoms with van der Waals surface area (Å²) in [5.74, 6) is -4.76. The molecule has 24 heteroatoms. The molecule has 3 aliphatic rings. The molecule has 24 nitrogen and oxygen atoms in total. The minimum absolute atomic E-state index is 0.0233. The van der Waals surface area contributed by atoms with Gasteiger partial charge in [-0.25, -0.2) is 4.79 Å². The molecule has 4 aromatic rings. The van der Waals surface area contributed by atoms with Crippen LogP contribution in [0.2, 0.25) is 0 Å². The van der Waals surface area contributed by atoms with Gasteiger partial charge in [-0.1, -0.05) is 6.07 Å². The van der Waals surface area contributed by atoms with E-state index in [2.05, 4.69) is 0 Å². The van der Waals surface area contributed by atoms with Crippen LogP contribution in [0.25, 0.3) is 28.4 Å². The number of carbonyl (C=O) groups is 1. The topological polar surface area (TPSA) is 395 Å². The number of phenolic OH excluding ortho intramolecular Hbond substituents is 4. The zero-order valence-corrected chi connectivity index (χ0v) is 34.0. The first kappa shape index (κ1) is 48.3. The van der Waals surface area contributed by atoms with Crippen LogP contribution in [-0.4, -0.2) is 189 Å². The van der Waals surface area contributed by atoms with Gasteiger partial charge >= 0.3 is 5.97 Å². The van der Waals surface area contributed by atoms with E-state index in [1.165, 1.54) is 30.3 Å². The Labute approximate surface area is 370 Å². The molecule has 3 saturated heterocycles. The number of aromatic hydroxyl groups is 4. The van der Waals surface area contributed by atoms with Gasteiger partial charge in [-0.05, 0) is 48.0 Å². The predicted octanol–water partition coefficient (Wildman–Crippen LogP) is -3.27. The summed E-state index contributed by atoms with van der Waals surface area (Å²) < 4.78 is 45.9. The number of aliphatic hydroxyl groups is 10. The number of fused-ring (bicyclic) bond motifs is 1. The van der Waals surface area contributed by atoms with Crippen LogP contribution in [0.5, 0.6) is 34.5 Å². The summed E-state index contributed by atoms with van der Waals surface area (Å²) in [7, 11) is 0. The van der Waals surface area contributed by atoms with Gasteiger partial charge < -0.3 is 109 Å². The van der Waals surface area contributed by atoms with Gasteiger partial charge in [0.05, 0.1) is 19.8 Å². The molecule has 15 atom stereocenters. The van der Waals surface area contributed by atoms with E-state index in [0.29, 0.717) is 0 Å². The number of hydrogen-bond acceptors (Lipinski definition) is 24. The second-order valence-corrected chi connectivity index (χ2v) is 15.4. The number of esters is 1. The lowest BCUT2D eigenvalue weighted by Crippen LogP contribution is -2.65. The molecule has 0 radical (unpaired) electrons. The lowest BCUT2D eigenvalue weighted by molar-refractivity contribution is -0.358. The molecule has 3 fully saturated rings. The van der Waals surface area contributed by atoms with Gasteiger partial charge in [-0.2, -0.15) is 0 Å². The molecule has 0 aliphatic carbocycles. The van der Waals surface area contributed by atoms with Crippen LogP contribution < -0.4 is 14.9 Å². The van der Waals surface area contributed by atoms with Crippen molar-refractivity contribution in [2.45, 2.75) is 92.1 Å². The Kier molecular flexibility index (Phi) is 14.7. The maximum absolute atomic E-state index is 14.5. The number of aliphatic hydroxyl groups excluding tert-OH is 10. The standard InChI is InChI=1S/C42H46O24/c43-12-23-28(51)32(55)35(58)40(61-23)59-18-10-21(49)27-22(11-18)60-36(16-3-5-17(46)6-4-16)37(31(27)54)65-42-39(34(57)30(53)25(14-45)63-42)66-41-38(33(56)29(52)24(13-44)62-41)64-26(50)8-2-15-1-7-19(47)20(48)9-15/h1-11,23-25,28-30,32-35,38-49,51-53,55-58H,12-14H2/t23-,24-,25-,28-,29-,30-,32+,33+,34+,35-,38-,39-,40-,41+,42+/m1/s1. The van der Waals surface area contributed by atoms with Gasteiger partial charge in [0.15, 0.2) is 35.8 Å². The van der Waals surface area contributed by atoms with Crippen LogP contribution in [-0.2, 0) is 28.5 Å². The Morgan fingerprint density at radius 1 is 0.606 bits per heavy atom. The molecule has 0 saturated carbocycles. The number of benzene rings is 3. The fourth-order valence-electron chi connectivity index (χ4n) is 7.37. The molecular formula is C42H46O24. The molecule has 7 rings (SSSR count). The molecule has 4 heterocycles. The Bertz CT molecular complexity index is 2420. The number of rotatable bonds is 13. The van der Waals surface area contributed by atoms with Crippen molar-refractivity contribution in [2.75, 3.05) is 19.8 Å². The molecule has 1 aromatic heterocycles. The average Bonchev–Trinajstić information content (AvgIpc) is 3.29. The van der Waals surface area contributed by atoms with Crippen LogP contribution in [0.1, 0.15) is 5.56 Å². The molecule has 0 spiro atoms. The van der Waals surface area contributed by atoms with Gasteiger partial charge in [0.25, 0.3) is 0 Å². The SMILES string of the molecule is O=C(C=Cc1ccc(O)c(O)c1)O[C@H]1[C@H](O[C@H]2[C@H](Oc3c(-c4ccc(O)cc4)oc4cc(O[C@@H]5O[C@H](CO)[C@@H](O)[C@H](O)[C@H]5O)cc(O)c4c3=O)O[C@H](CO)[C@@H](O)[C@@H]2O)O[C@H](CO)[C@@H](O)[C@@H]1O. The van der Waals surface area contributed by atoms with E-state index < -0.39 is 163 Å². The van der Waals surface area contributed by atoms with Crippen molar-refractivity contribution in [3.05, 3.63) is 76.5 Å². The van der Waals surface area contributed by atoms with Crippen LogP contribution in [0.15, 0.2) is 69.9 Å². The quantitative estimate of drug-likeness (QED) is 0.0355. The third-order valence-corrected chi connectivity index (χ3v) is 11.0. The van der Waals surface area contributed by atoms with E-state index in [1.807, 2.05) is 0 Å². The molecule has 358 valence electrons. The highest BCUT2D eigenvalue weighted by Crippen LogP contribution is 2.40. The molecule has 3 aliphatic heterocycles. The molecule has 14 N–H and O–H groups in total. The minimum atomic E-state index is -2.13. The molecular weight excluding hydrogens is 888 g/mol. The van der Waals surface area contributed by atoms with Gasteiger partial charge in [-0.15, -0.1) is 0 Å². The maximum Gasteiger partial charge on any atom is 0.331 e. The molecule has 66 heavy (non-hydrogen) atoms. The molecule has 0 unspecified atom stereocenters. The zero-order valence-electron chi connectivity index (χ0n) is 34.0. The number of ether oxygens (including phenoxy) is 7. The van der Waals surface area contributed by atoms with Crippen molar-refractivity contribution >= 4 is 23.0 Å². The Hall–Kier alpha value is -5.68. The van der Waals surface area contributed by atoms with E-state index in [9.17, 15) is 81.1 Å². The van der Waals surface area contributed by atoms with Crippen molar-refractivity contribution in [1.29, 1.82) is 0 Å². The van der Waals surface area contributed by atoms with E-state index in [-0.39, 0.29) is 22.6 Å². The van der Waals surface area contributed by atoms with Crippen molar-refractivity contribution < 1.29 is 114 Å². The van der Waals surface area contributed by atoms with Crippen molar-refractivity contribution in [3.8, 4) is 45.8 Å². The Morgan fingerprint density at radius 3 is 1.82 bits per heavy atom. The maximum atomic E-state index is 14.5. The largest absolute Gasteiger partial charge is 0.508 e. The van der Waals surface area contributed by atoms with Gasteiger partial charge in [0.1, 0.15) is 89.3 Å². The summed E-state index contributed by atoms with van der Waals surface area (Å²) >= 11 is 0.